The van der Waals surface area contributed by atoms with Gasteiger partial charge in [0.05, 0.1) is 24.5 Å². The molecule has 0 saturated carbocycles. The second-order valence-corrected chi connectivity index (χ2v) is 6.88. The summed E-state index contributed by atoms with van der Waals surface area (Å²) in [5.74, 6) is 0. The molecule has 0 bridgehead atoms. The summed E-state index contributed by atoms with van der Waals surface area (Å²) >= 11 is 8.27. The predicted octanol–water partition coefficient (Wildman–Crippen LogP) is 2.63. The van der Waals surface area contributed by atoms with Gasteiger partial charge in [0.25, 0.3) is 0 Å². The van der Waals surface area contributed by atoms with Crippen LogP contribution >= 0.6 is 40.0 Å². The molecule has 1 unspecified atom stereocenters. The molecule has 1 aromatic heterocycles. The Balaban J connectivity index is 2.15. The molecule has 0 radical (unpaired) electrons. The number of amides is 1. The van der Waals surface area contributed by atoms with Gasteiger partial charge in [-0.3, -0.25) is 9.89 Å². The topological polar surface area (TPSA) is 64.6 Å². The molecule has 9 heteroatoms. The van der Waals surface area contributed by atoms with Crippen LogP contribution < -0.4 is 0 Å². The lowest BCUT2D eigenvalue weighted by Crippen LogP contribution is -2.30. The molecule has 108 valence electrons. The first-order chi connectivity index (χ1) is 9.65. The zero-order valence-corrected chi connectivity index (χ0v) is 14.7. The average Bonchev–Trinajstić information content (AvgIpc) is 2.90. The number of rotatable bonds is 5. The highest BCUT2D eigenvalue weighted by atomic mass is 127. The minimum Gasteiger partial charge on any atom is -0.364 e. The number of halogens is 2. The van der Waals surface area contributed by atoms with E-state index in [0.29, 0.717) is 11.4 Å². The SMILES string of the molecule is C/C(Cl)=C(\C=N/N(C=O)PI)N1CCc2[nH]ncc2C1. The van der Waals surface area contributed by atoms with Gasteiger partial charge in [-0.1, -0.05) is 11.6 Å². The standard InChI is InChI=1S/C11H14ClIN5OP/c1-8(12)11(5-15-18(7-19)20-13)17-3-2-10-9(6-17)4-14-16-10/h4-5,7,20H,2-3,6H2,1H3,(H,14,16)/b11-8-,15-5-. The highest BCUT2D eigenvalue weighted by Gasteiger charge is 2.20. The number of aromatic nitrogens is 2. The van der Waals surface area contributed by atoms with Gasteiger partial charge in [0.15, 0.2) is 0 Å². The van der Waals surface area contributed by atoms with E-state index in [0.717, 1.165) is 25.2 Å². The van der Waals surface area contributed by atoms with E-state index in [2.05, 4.69) is 42.2 Å². The lowest BCUT2D eigenvalue weighted by molar-refractivity contribution is -0.113. The molecule has 0 aliphatic carbocycles. The largest absolute Gasteiger partial charge is 0.364 e. The van der Waals surface area contributed by atoms with E-state index in [1.807, 2.05) is 13.1 Å². The molecule has 0 aromatic carbocycles. The number of H-pyrrole nitrogens is 1. The zero-order chi connectivity index (χ0) is 14.5. The van der Waals surface area contributed by atoms with Crippen LogP contribution in [0.1, 0.15) is 18.2 Å². The van der Waals surface area contributed by atoms with E-state index >= 15 is 0 Å². The van der Waals surface area contributed by atoms with Crippen LogP contribution in [0.2, 0.25) is 0 Å². The number of hydrazone groups is 1. The van der Waals surface area contributed by atoms with Crippen LogP contribution in [0, 0.1) is 0 Å². The van der Waals surface area contributed by atoms with Gasteiger partial charge < -0.3 is 4.90 Å². The van der Waals surface area contributed by atoms with Crippen molar-refractivity contribution in [3.05, 3.63) is 28.2 Å². The molecule has 20 heavy (non-hydrogen) atoms. The predicted molar refractivity (Wildman–Crippen MR) is 90.0 cm³/mol. The average molecular weight is 426 g/mol. The molecule has 1 aliphatic heterocycles. The summed E-state index contributed by atoms with van der Waals surface area (Å²) in [4.78, 5) is 12.9. The molecule has 2 rings (SSSR count). The second kappa shape index (κ2) is 7.38. The van der Waals surface area contributed by atoms with E-state index < -0.39 is 0 Å². The molecule has 1 atom stereocenters. The van der Waals surface area contributed by atoms with Crippen molar-refractivity contribution in [1.29, 1.82) is 0 Å². The number of aromatic amines is 1. The molecule has 6 nitrogen and oxygen atoms in total. The van der Waals surface area contributed by atoms with Crippen LogP contribution in [0.15, 0.2) is 22.0 Å². The highest BCUT2D eigenvalue weighted by Crippen LogP contribution is 2.26. The molecule has 1 aromatic rings. The van der Waals surface area contributed by atoms with Crippen molar-refractivity contribution in [2.75, 3.05) is 6.54 Å². The van der Waals surface area contributed by atoms with Crippen molar-refractivity contribution >= 4 is 52.6 Å². The van der Waals surface area contributed by atoms with Crippen LogP contribution in [0.5, 0.6) is 0 Å². The molecule has 2 heterocycles. The van der Waals surface area contributed by atoms with Crippen molar-refractivity contribution in [1.82, 2.24) is 19.9 Å². The molecule has 0 saturated heterocycles. The molecule has 0 spiro atoms. The van der Waals surface area contributed by atoms with Crippen LogP contribution in [-0.4, -0.2) is 39.0 Å². The molecule has 0 fully saturated rings. The normalized spacial score (nSPS) is 16.6. The summed E-state index contributed by atoms with van der Waals surface area (Å²) in [7, 11) is 0. The van der Waals surface area contributed by atoms with E-state index in [1.165, 1.54) is 16.0 Å². The maximum atomic E-state index is 10.8. The fraction of sp³-hybridized carbons (Fsp3) is 0.364. The van der Waals surface area contributed by atoms with E-state index in [4.69, 9.17) is 11.6 Å². The third kappa shape index (κ3) is 3.71. The van der Waals surface area contributed by atoms with E-state index in [1.54, 1.807) is 6.21 Å². The van der Waals surface area contributed by atoms with Gasteiger partial charge in [-0.2, -0.15) is 10.2 Å². The molecular formula is C11H14ClIN5OP. The Morgan fingerprint density at radius 3 is 3.20 bits per heavy atom. The van der Waals surface area contributed by atoms with Crippen molar-refractivity contribution in [3.8, 4) is 0 Å². The molecule has 1 N–H and O–H groups in total. The maximum Gasteiger partial charge on any atom is 0.233 e. The fourth-order valence-corrected chi connectivity index (χ4v) is 3.03. The maximum absolute atomic E-state index is 10.8. The lowest BCUT2D eigenvalue weighted by Gasteiger charge is -2.29. The Bertz CT molecular complexity index is 543. The van der Waals surface area contributed by atoms with E-state index in [-0.39, 0.29) is 6.37 Å². The first-order valence-electron chi connectivity index (χ1n) is 5.93. The zero-order valence-electron chi connectivity index (χ0n) is 10.8. The van der Waals surface area contributed by atoms with Gasteiger partial charge in [0.2, 0.25) is 6.41 Å². The minimum absolute atomic E-state index is 0.265. The number of carbonyl (C=O) groups is 1. The Kier molecular flexibility index (Phi) is 5.80. The third-order valence-corrected chi connectivity index (χ3v) is 5.06. The molecule has 1 aliphatic rings. The summed E-state index contributed by atoms with van der Waals surface area (Å²) in [6, 6.07) is 0. The number of allylic oxidation sites excluding steroid dienone is 2. The first-order valence-corrected chi connectivity index (χ1v) is 10.4. The van der Waals surface area contributed by atoms with Crippen molar-refractivity contribution in [2.45, 2.75) is 19.9 Å². The second-order valence-electron chi connectivity index (χ2n) is 4.24. The summed E-state index contributed by atoms with van der Waals surface area (Å²) < 4.78 is 1.34. The summed E-state index contributed by atoms with van der Waals surface area (Å²) in [5.41, 5.74) is 3.18. The summed E-state index contributed by atoms with van der Waals surface area (Å²) in [6.45, 7) is 3.41. The molecule has 1 amide bonds. The van der Waals surface area contributed by atoms with Crippen LogP contribution in [0.3, 0.4) is 0 Å². The van der Waals surface area contributed by atoms with Crippen molar-refractivity contribution < 1.29 is 4.79 Å². The van der Waals surface area contributed by atoms with Crippen molar-refractivity contribution in [3.63, 3.8) is 0 Å². The highest BCUT2D eigenvalue weighted by molar-refractivity contribution is 14.2. The Morgan fingerprint density at radius 2 is 2.55 bits per heavy atom. The van der Waals surface area contributed by atoms with Gasteiger partial charge in [0, 0.05) is 35.8 Å². The van der Waals surface area contributed by atoms with Gasteiger partial charge in [-0.15, -0.1) is 0 Å². The Morgan fingerprint density at radius 1 is 1.75 bits per heavy atom. The van der Waals surface area contributed by atoms with Crippen LogP contribution in [-0.2, 0) is 17.8 Å². The lowest BCUT2D eigenvalue weighted by atomic mass is 10.1. The van der Waals surface area contributed by atoms with Gasteiger partial charge in [0.1, 0.15) is 0 Å². The number of hydrogen-bond donors (Lipinski definition) is 1. The number of fused-ring (bicyclic) bond motifs is 1. The summed E-state index contributed by atoms with van der Waals surface area (Å²) in [5, 5.41) is 11.9. The number of hydrogen-bond acceptors (Lipinski definition) is 4. The van der Waals surface area contributed by atoms with Crippen LogP contribution in [0.25, 0.3) is 0 Å². The quantitative estimate of drug-likeness (QED) is 0.259. The summed E-state index contributed by atoms with van der Waals surface area (Å²) in [6.07, 6.45) is 5.34. The Hall–Kier alpha value is -0.660. The smallest absolute Gasteiger partial charge is 0.233 e. The monoisotopic (exact) mass is 425 g/mol. The van der Waals surface area contributed by atoms with Crippen molar-refractivity contribution in [2.24, 2.45) is 5.10 Å². The number of nitrogens with zero attached hydrogens (tertiary/aromatic N) is 4. The molecular weight excluding hydrogens is 411 g/mol. The fourth-order valence-electron chi connectivity index (χ4n) is 2.00. The minimum atomic E-state index is 0.265. The number of carbonyl (C=O) groups excluding carboxylic acids is 1. The van der Waals surface area contributed by atoms with Gasteiger partial charge in [-0.25, -0.2) is 4.78 Å². The van der Waals surface area contributed by atoms with Crippen LogP contribution in [0.4, 0.5) is 0 Å². The van der Waals surface area contributed by atoms with Gasteiger partial charge >= 0.3 is 0 Å². The van der Waals surface area contributed by atoms with Gasteiger partial charge in [-0.05, 0) is 29.0 Å². The van der Waals surface area contributed by atoms with E-state index in [9.17, 15) is 4.79 Å². The number of nitrogens with one attached hydrogen (secondary N) is 1. The third-order valence-electron chi connectivity index (χ3n) is 2.98. The first kappa shape index (κ1) is 15.7. The Labute approximate surface area is 136 Å².